The van der Waals surface area contributed by atoms with Gasteiger partial charge in [-0.1, -0.05) is 29.4 Å². The summed E-state index contributed by atoms with van der Waals surface area (Å²) in [6.07, 6.45) is 2.19. The van der Waals surface area contributed by atoms with E-state index in [1.807, 2.05) is 17.0 Å². The van der Waals surface area contributed by atoms with Crippen LogP contribution in [0.4, 0.5) is 0 Å². The summed E-state index contributed by atoms with van der Waals surface area (Å²) in [6, 6.07) is 7.22. The van der Waals surface area contributed by atoms with Crippen LogP contribution in [-0.4, -0.2) is 39.8 Å². The van der Waals surface area contributed by atoms with Crippen LogP contribution in [0.2, 0.25) is 5.02 Å². The largest absolute Gasteiger partial charge is 0.411 e. The Hall–Kier alpha value is -1.53. The first-order valence-electron chi connectivity index (χ1n) is 6.72. The number of benzene rings is 1. The molecule has 0 N–H and O–H groups in total. The summed E-state index contributed by atoms with van der Waals surface area (Å²) in [5.74, 6) is 0.866. The highest BCUT2D eigenvalue weighted by atomic mass is 35.5. The lowest BCUT2D eigenvalue weighted by Gasteiger charge is -2.13. The number of nitrogens with zero attached hydrogens (tertiary/aromatic N) is 3. The van der Waals surface area contributed by atoms with E-state index in [2.05, 4.69) is 10.2 Å². The van der Waals surface area contributed by atoms with E-state index in [1.54, 1.807) is 12.1 Å². The van der Waals surface area contributed by atoms with E-state index in [4.69, 9.17) is 16.0 Å². The Bertz CT molecular complexity index is 641. The number of carbonyl (C=O) groups excluding carboxylic acids is 1. The van der Waals surface area contributed by atoms with Crippen molar-refractivity contribution in [3.63, 3.8) is 0 Å². The fourth-order valence-corrected chi connectivity index (χ4v) is 3.04. The maximum Gasteiger partial charge on any atom is 0.277 e. The molecule has 110 valence electrons. The van der Waals surface area contributed by atoms with Crippen LogP contribution in [0.1, 0.15) is 12.8 Å². The molecule has 2 aromatic rings. The summed E-state index contributed by atoms with van der Waals surface area (Å²) in [6.45, 7) is 1.72. The molecule has 0 atom stereocenters. The number of rotatable bonds is 4. The van der Waals surface area contributed by atoms with Gasteiger partial charge in [0.2, 0.25) is 11.8 Å². The Morgan fingerprint density at radius 1 is 1.33 bits per heavy atom. The number of amides is 1. The molecule has 1 saturated heterocycles. The number of hydrogen-bond acceptors (Lipinski definition) is 5. The van der Waals surface area contributed by atoms with Gasteiger partial charge in [0.05, 0.1) is 5.75 Å². The number of hydrogen-bond donors (Lipinski definition) is 0. The van der Waals surface area contributed by atoms with Crippen molar-refractivity contribution in [3.05, 3.63) is 29.3 Å². The van der Waals surface area contributed by atoms with Gasteiger partial charge in [-0.05, 0) is 31.0 Å². The lowest BCUT2D eigenvalue weighted by atomic mass is 10.2. The van der Waals surface area contributed by atoms with Crippen LogP contribution in [0.5, 0.6) is 0 Å². The third-order valence-electron chi connectivity index (χ3n) is 3.26. The Labute approximate surface area is 131 Å². The molecule has 7 heteroatoms. The van der Waals surface area contributed by atoms with Gasteiger partial charge >= 0.3 is 0 Å². The number of likely N-dealkylation sites (tertiary alicyclic amines) is 1. The molecule has 0 unspecified atom stereocenters. The second kappa shape index (κ2) is 6.49. The van der Waals surface area contributed by atoms with Crippen LogP contribution in [0, 0.1) is 0 Å². The van der Waals surface area contributed by atoms with Gasteiger partial charge in [-0.25, -0.2) is 0 Å². The van der Waals surface area contributed by atoms with Crippen molar-refractivity contribution < 1.29 is 9.21 Å². The number of aromatic nitrogens is 2. The van der Waals surface area contributed by atoms with Crippen molar-refractivity contribution in [1.29, 1.82) is 0 Å². The van der Waals surface area contributed by atoms with Gasteiger partial charge in [0.15, 0.2) is 0 Å². The van der Waals surface area contributed by atoms with Crippen LogP contribution in [-0.2, 0) is 4.79 Å². The first-order chi connectivity index (χ1) is 10.2. The standard InChI is InChI=1S/C14H14ClN3O2S/c15-11-5-3-4-10(8-11)13-16-17-14(20-13)21-9-12(19)18-6-1-2-7-18/h3-5,8H,1-2,6-7,9H2. The molecule has 21 heavy (non-hydrogen) atoms. The van der Waals surface area contributed by atoms with Crippen LogP contribution >= 0.6 is 23.4 Å². The molecular formula is C14H14ClN3O2S. The fraction of sp³-hybridized carbons (Fsp3) is 0.357. The summed E-state index contributed by atoms with van der Waals surface area (Å²) in [5.41, 5.74) is 0.771. The minimum absolute atomic E-state index is 0.125. The van der Waals surface area contributed by atoms with Gasteiger partial charge in [-0.15, -0.1) is 10.2 Å². The summed E-state index contributed by atoms with van der Waals surface area (Å²) >= 11 is 7.20. The molecule has 0 bridgehead atoms. The highest BCUT2D eigenvalue weighted by Crippen LogP contribution is 2.25. The van der Waals surface area contributed by atoms with Gasteiger partial charge in [0.25, 0.3) is 5.22 Å². The summed E-state index contributed by atoms with van der Waals surface area (Å²) in [4.78, 5) is 13.8. The second-order valence-corrected chi connectivity index (χ2v) is 6.12. The Morgan fingerprint density at radius 3 is 2.90 bits per heavy atom. The molecule has 3 rings (SSSR count). The molecule has 0 spiro atoms. The molecular weight excluding hydrogens is 310 g/mol. The molecule has 0 aliphatic carbocycles. The van der Waals surface area contributed by atoms with Crippen molar-refractivity contribution in [3.8, 4) is 11.5 Å². The van der Waals surface area contributed by atoms with Crippen LogP contribution in [0.3, 0.4) is 0 Å². The van der Waals surface area contributed by atoms with Crippen molar-refractivity contribution in [2.45, 2.75) is 18.1 Å². The third kappa shape index (κ3) is 3.57. The SMILES string of the molecule is O=C(CSc1nnc(-c2cccc(Cl)c2)o1)N1CCCC1. The van der Waals surface area contributed by atoms with Crippen LogP contribution < -0.4 is 0 Å². The van der Waals surface area contributed by atoms with Crippen molar-refractivity contribution >= 4 is 29.3 Å². The zero-order chi connectivity index (χ0) is 14.7. The summed E-state index contributed by atoms with van der Waals surface area (Å²) < 4.78 is 5.55. The maximum absolute atomic E-state index is 11.9. The zero-order valence-corrected chi connectivity index (χ0v) is 12.9. The first kappa shape index (κ1) is 14.4. The molecule has 1 aromatic heterocycles. The Kier molecular flexibility index (Phi) is 4.45. The van der Waals surface area contributed by atoms with E-state index in [1.165, 1.54) is 11.8 Å². The van der Waals surface area contributed by atoms with E-state index < -0.39 is 0 Å². The van der Waals surface area contributed by atoms with Gasteiger partial charge in [-0.3, -0.25) is 4.79 Å². The fourth-order valence-electron chi connectivity index (χ4n) is 2.19. The molecule has 1 amide bonds. The highest BCUT2D eigenvalue weighted by molar-refractivity contribution is 7.99. The molecule has 0 saturated carbocycles. The first-order valence-corrected chi connectivity index (χ1v) is 8.09. The lowest BCUT2D eigenvalue weighted by molar-refractivity contribution is -0.127. The molecule has 0 radical (unpaired) electrons. The minimum Gasteiger partial charge on any atom is -0.411 e. The second-order valence-electron chi connectivity index (χ2n) is 4.76. The highest BCUT2D eigenvalue weighted by Gasteiger charge is 2.19. The van der Waals surface area contributed by atoms with Crippen molar-refractivity contribution in [2.75, 3.05) is 18.8 Å². The third-order valence-corrected chi connectivity index (χ3v) is 4.29. The molecule has 1 aliphatic heterocycles. The van der Waals surface area contributed by atoms with Gasteiger partial charge < -0.3 is 9.32 Å². The van der Waals surface area contributed by atoms with E-state index in [0.29, 0.717) is 21.9 Å². The minimum atomic E-state index is 0.125. The molecule has 5 nitrogen and oxygen atoms in total. The Balaban J connectivity index is 1.61. The average molecular weight is 324 g/mol. The van der Waals surface area contributed by atoms with Crippen molar-refractivity contribution in [1.82, 2.24) is 15.1 Å². The maximum atomic E-state index is 11.9. The smallest absolute Gasteiger partial charge is 0.277 e. The van der Waals surface area contributed by atoms with Gasteiger partial charge in [0, 0.05) is 23.7 Å². The zero-order valence-electron chi connectivity index (χ0n) is 11.3. The average Bonchev–Trinajstić information content (AvgIpc) is 3.16. The lowest BCUT2D eigenvalue weighted by Crippen LogP contribution is -2.29. The van der Waals surface area contributed by atoms with Gasteiger partial charge in [0.1, 0.15) is 0 Å². The van der Waals surface area contributed by atoms with E-state index >= 15 is 0 Å². The number of carbonyl (C=O) groups is 1. The van der Waals surface area contributed by atoms with E-state index in [9.17, 15) is 4.79 Å². The van der Waals surface area contributed by atoms with Gasteiger partial charge in [-0.2, -0.15) is 0 Å². The van der Waals surface area contributed by atoms with Crippen molar-refractivity contribution in [2.24, 2.45) is 0 Å². The summed E-state index contributed by atoms with van der Waals surface area (Å²) in [7, 11) is 0. The topological polar surface area (TPSA) is 59.2 Å². The Morgan fingerprint density at radius 2 is 2.14 bits per heavy atom. The molecule has 1 aromatic carbocycles. The molecule has 1 fully saturated rings. The van der Waals surface area contributed by atoms with E-state index in [0.717, 1.165) is 31.5 Å². The monoisotopic (exact) mass is 323 g/mol. The normalized spacial score (nSPS) is 14.6. The molecule has 1 aliphatic rings. The summed E-state index contributed by atoms with van der Waals surface area (Å²) in [5, 5.41) is 8.95. The quantitative estimate of drug-likeness (QED) is 0.809. The predicted octanol–water partition coefficient (Wildman–Crippen LogP) is 3.10. The van der Waals surface area contributed by atoms with Crippen LogP contribution in [0.15, 0.2) is 33.9 Å². The van der Waals surface area contributed by atoms with E-state index in [-0.39, 0.29) is 5.91 Å². The number of thioether (sulfide) groups is 1. The molecule has 2 heterocycles. The predicted molar refractivity (Wildman–Crippen MR) is 81.3 cm³/mol. The van der Waals surface area contributed by atoms with Crippen LogP contribution in [0.25, 0.3) is 11.5 Å². The number of halogens is 1.